The molecule has 26 heavy (non-hydrogen) atoms. The number of nitrogens with zero attached hydrogens (tertiary/aromatic N) is 3. The molecule has 1 aromatic carbocycles. The lowest BCUT2D eigenvalue weighted by atomic mass is 9.93. The number of hydrogen-bond acceptors (Lipinski definition) is 4. The summed E-state index contributed by atoms with van der Waals surface area (Å²) in [5.41, 5.74) is 2.43. The van der Waals surface area contributed by atoms with Gasteiger partial charge in [-0.2, -0.15) is 9.61 Å². The first-order valence-electron chi connectivity index (χ1n) is 8.73. The largest absolute Gasteiger partial charge is 0.445 e. The topological polar surface area (TPSA) is 79.7 Å². The van der Waals surface area contributed by atoms with Crippen LogP contribution in [0.15, 0.2) is 53.5 Å². The highest BCUT2D eigenvalue weighted by Crippen LogP contribution is 2.26. The third-order valence-corrected chi connectivity index (χ3v) is 4.80. The van der Waals surface area contributed by atoms with Crippen LogP contribution in [0, 0.1) is 0 Å². The Labute approximate surface area is 150 Å². The summed E-state index contributed by atoms with van der Waals surface area (Å²) in [6.07, 6.45) is 2.90. The Morgan fingerprint density at radius 3 is 2.73 bits per heavy atom. The van der Waals surface area contributed by atoms with E-state index in [0.717, 1.165) is 24.1 Å². The molecule has 134 valence electrons. The minimum Gasteiger partial charge on any atom is -0.445 e. The molecule has 3 heterocycles. The fourth-order valence-electron chi connectivity index (χ4n) is 3.36. The number of hydrogen-bond donors (Lipinski definition) is 1. The second kappa shape index (κ2) is 7.03. The summed E-state index contributed by atoms with van der Waals surface area (Å²) in [4.78, 5) is 29.3. The smallest absolute Gasteiger partial charge is 0.410 e. The van der Waals surface area contributed by atoms with Gasteiger partial charge < -0.3 is 14.6 Å². The number of fused-ring (bicyclic) bond motifs is 1. The number of ether oxygens (including phenoxy) is 1. The molecule has 1 saturated heterocycles. The second-order valence-corrected chi connectivity index (χ2v) is 6.49. The summed E-state index contributed by atoms with van der Waals surface area (Å²) in [6, 6.07) is 13.0. The van der Waals surface area contributed by atoms with Gasteiger partial charge in [0.25, 0.3) is 5.56 Å². The van der Waals surface area contributed by atoms with Crippen LogP contribution in [-0.4, -0.2) is 38.7 Å². The van der Waals surface area contributed by atoms with Crippen molar-refractivity contribution in [2.24, 2.45) is 0 Å². The number of amides is 1. The summed E-state index contributed by atoms with van der Waals surface area (Å²) in [5.74, 6) is 0.223. The van der Waals surface area contributed by atoms with Crippen LogP contribution in [0.2, 0.25) is 0 Å². The zero-order valence-corrected chi connectivity index (χ0v) is 14.3. The first-order valence-corrected chi connectivity index (χ1v) is 8.73. The van der Waals surface area contributed by atoms with E-state index in [9.17, 15) is 9.59 Å². The van der Waals surface area contributed by atoms with Gasteiger partial charge in [0.1, 0.15) is 12.3 Å². The highest BCUT2D eigenvalue weighted by atomic mass is 16.6. The molecule has 1 fully saturated rings. The third kappa shape index (κ3) is 3.33. The number of aromatic amines is 1. The molecule has 0 radical (unpaired) electrons. The molecule has 0 unspecified atom stereocenters. The lowest BCUT2D eigenvalue weighted by molar-refractivity contribution is 0.0868. The summed E-state index contributed by atoms with van der Waals surface area (Å²) < 4.78 is 6.74. The number of nitrogens with one attached hydrogen (secondary N) is 1. The van der Waals surface area contributed by atoms with Crippen molar-refractivity contribution >= 4 is 11.7 Å². The quantitative estimate of drug-likeness (QED) is 0.786. The van der Waals surface area contributed by atoms with E-state index < -0.39 is 0 Å². The predicted molar refractivity (Wildman–Crippen MR) is 96.0 cm³/mol. The van der Waals surface area contributed by atoms with Crippen LogP contribution in [0.1, 0.15) is 30.0 Å². The van der Waals surface area contributed by atoms with Gasteiger partial charge >= 0.3 is 6.09 Å². The van der Waals surface area contributed by atoms with Crippen molar-refractivity contribution in [2.45, 2.75) is 25.4 Å². The molecular weight excluding hydrogens is 332 g/mol. The molecular formula is C19H20N4O3. The van der Waals surface area contributed by atoms with Gasteiger partial charge in [0, 0.05) is 36.8 Å². The lowest BCUT2D eigenvalue weighted by Gasteiger charge is -2.31. The van der Waals surface area contributed by atoms with E-state index in [1.54, 1.807) is 23.2 Å². The van der Waals surface area contributed by atoms with Crippen LogP contribution in [0.5, 0.6) is 0 Å². The summed E-state index contributed by atoms with van der Waals surface area (Å²) in [7, 11) is 0. The van der Waals surface area contributed by atoms with E-state index in [2.05, 4.69) is 10.1 Å². The number of benzene rings is 1. The molecule has 0 atom stereocenters. The third-order valence-electron chi connectivity index (χ3n) is 4.80. The Morgan fingerprint density at radius 2 is 1.96 bits per heavy atom. The van der Waals surface area contributed by atoms with Crippen LogP contribution in [-0.2, 0) is 11.3 Å². The maximum Gasteiger partial charge on any atom is 0.410 e. The Hall–Kier alpha value is -3.09. The van der Waals surface area contributed by atoms with Crippen molar-refractivity contribution in [2.75, 3.05) is 13.1 Å². The van der Waals surface area contributed by atoms with Gasteiger partial charge in [-0.1, -0.05) is 30.3 Å². The molecule has 0 spiro atoms. The van der Waals surface area contributed by atoms with E-state index in [0.29, 0.717) is 18.7 Å². The summed E-state index contributed by atoms with van der Waals surface area (Å²) in [5, 5.41) is 3.99. The number of likely N-dealkylation sites (tertiary alicyclic amines) is 1. The van der Waals surface area contributed by atoms with Crippen LogP contribution < -0.4 is 5.56 Å². The molecule has 0 bridgehead atoms. The van der Waals surface area contributed by atoms with Crippen molar-refractivity contribution in [3.05, 3.63) is 70.3 Å². The molecule has 1 aliphatic rings. The Kier molecular flexibility index (Phi) is 4.43. The normalized spacial score (nSPS) is 15.3. The average molecular weight is 352 g/mol. The monoisotopic (exact) mass is 352 g/mol. The molecule has 4 rings (SSSR count). The molecule has 1 amide bonds. The lowest BCUT2D eigenvalue weighted by Crippen LogP contribution is -2.38. The second-order valence-electron chi connectivity index (χ2n) is 6.49. The van der Waals surface area contributed by atoms with Gasteiger partial charge in [-0.25, -0.2) is 4.79 Å². The van der Waals surface area contributed by atoms with Crippen LogP contribution >= 0.6 is 0 Å². The Bertz CT molecular complexity index is 956. The highest BCUT2D eigenvalue weighted by Gasteiger charge is 2.25. The highest BCUT2D eigenvalue weighted by molar-refractivity contribution is 5.67. The number of piperidine rings is 1. The van der Waals surface area contributed by atoms with Gasteiger partial charge in [-0.05, 0) is 18.4 Å². The van der Waals surface area contributed by atoms with Gasteiger partial charge in [0.15, 0.2) is 0 Å². The fourth-order valence-corrected chi connectivity index (χ4v) is 3.36. The van der Waals surface area contributed by atoms with E-state index in [4.69, 9.17) is 4.74 Å². The Balaban J connectivity index is 1.35. The first kappa shape index (κ1) is 16.4. The molecule has 1 N–H and O–H groups in total. The standard InChI is InChI=1S/C19H20N4O3/c24-18-12-16(21-17-6-9-20-23(17)18)15-7-10-22(11-8-15)19(25)26-13-14-4-2-1-3-5-14/h1-6,9,12,15,21H,7-8,10-11,13H2. The van der Waals surface area contributed by atoms with Crippen molar-refractivity contribution in [1.29, 1.82) is 0 Å². The SMILES string of the molecule is O=C(OCc1ccccc1)N1CCC(c2cc(=O)n3nccc3[nH]2)CC1. The van der Waals surface area contributed by atoms with Crippen LogP contribution in [0.4, 0.5) is 4.79 Å². The van der Waals surface area contributed by atoms with Crippen molar-refractivity contribution in [3.8, 4) is 0 Å². The first-order chi connectivity index (χ1) is 12.7. The average Bonchev–Trinajstić information content (AvgIpc) is 3.16. The number of carbonyl (C=O) groups is 1. The Morgan fingerprint density at radius 1 is 1.19 bits per heavy atom. The number of H-pyrrole nitrogens is 1. The fraction of sp³-hybridized carbons (Fsp3) is 0.316. The van der Waals surface area contributed by atoms with Gasteiger partial charge in [-0.3, -0.25) is 4.79 Å². The zero-order chi connectivity index (χ0) is 17.9. The van der Waals surface area contributed by atoms with Crippen molar-refractivity contribution < 1.29 is 9.53 Å². The minimum absolute atomic E-state index is 0.136. The maximum atomic E-state index is 12.2. The van der Waals surface area contributed by atoms with Crippen LogP contribution in [0.25, 0.3) is 5.65 Å². The van der Waals surface area contributed by atoms with E-state index in [1.807, 2.05) is 30.3 Å². The number of carbonyl (C=O) groups excluding carboxylic acids is 1. The van der Waals surface area contributed by atoms with Gasteiger partial charge in [0.05, 0.1) is 6.20 Å². The maximum absolute atomic E-state index is 12.2. The predicted octanol–water partition coefficient (Wildman–Crippen LogP) is 2.54. The minimum atomic E-state index is -0.285. The van der Waals surface area contributed by atoms with E-state index >= 15 is 0 Å². The summed E-state index contributed by atoms with van der Waals surface area (Å²) >= 11 is 0. The molecule has 1 aliphatic heterocycles. The number of rotatable bonds is 3. The van der Waals surface area contributed by atoms with E-state index in [1.165, 1.54) is 4.52 Å². The summed E-state index contributed by atoms with van der Waals surface area (Å²) in [6.45, 7) is 1.51. The molecule has 0 aliphatic carbocycles. The van der Waals surface area contributed by atoms with Gasteiger partial charge in [0.2, 0.25) is 0 Å². The van der Waals surface area contributed by atoms with E-state index in [-0.39, 0.29) is 24.2 Å². The molecule has 7 nitrogen and oxygen atoms in total. The molecule has 7 heteroatoms. The van der Waals surface area contributed by atoms with Crippen molar-refractivity contribution in [1.82, 2.24) is 19.5 Å². The molecule has 2 aromatic heterocycles. The number of aromatic nitrogens is 3. The van der Waals surface area contributed by atoms with Crippen molar-refractivity contribution in [3.63, 3.8) is 0 Å². The van der Waals surface area contributed by atoms with Crippen LogP contribution in [0.3, 0.4) is 0 Å². The zero-order valence-electron chi connectivity index (χ0n) is 14.3. The molecule has 0 saturated carbocycles. The molecule has 3 aromatic rings. The van der Waals surface area contributed by atoms with Gasteiger partial charge in [-0.15, -0.1) is 0 Å².